The molecule has 1 heterocycles. The molecule has 2 aromatic carbocycles. The lowest BCUT2D eigenvalue weighted by atomic mass is 10.0. The summed E-state index contributed by atoms with van der Waals surface area (Å²) >= 11 is 0. The highest BCUT2D eigenvalue weighted by Crippen LogP contribution is 2.26. The summed E-state index contributed by atoms with van der Waals surface area (Å²) in [4.78, 5) is 16.8. The number of nitrogens with zero attached hydrogens (tertiary/aromatic N) is 2. The molecule has 3 aromatic rings. The normalized spacial score (nSPS) is 13.5. The Morgan fingerprint density at radius 1 is 1.07 bits per heavy atom. The lowest BCUT2D eigenvalue weighted by molar-refractivity contribution is 0.0699. The highest BCUT2D eigenvalue weighted by Gasteiger charge is 2.23. The average Bonchev–Trinajstić information content (AvgIpc) is 3.08. The molecule has 0 saturated carbocycles. The molecule has 5 nitrogen and oxygen atoms in total. The molecule has 0 aliphatic heterocycles. The number of benzene rings is 2. The van der Waals surface area contributed by atoms with Gasteiger partial charge in [0.15, 0.2) is 0 Å². The van der Waals surface area contributed by atoms with E-state index in [0.29, 0.717) is 11.0 Å². The molecule has 0 saturated heterocycles. The highest BCUT2D eigenvalue weighted by atomic mass is 19.3. The Kier molecular flexibility index (Phi) is 6.23. The Balaban J connectivity index is 1.77. The molecule has 0 bridgehead atoms. The largest absolute Gasteiger partial charge is 0.331 e. The van der Waals surface area contributed by atoms with E-state index in [2.05, 4.69) is 15.6 Å². The summed E-state index contributed by atoms with van der Waals surface area (Å²) in [6.07, 6.45) is 1.68. The minimum Gasteiger partial charge on any atom is -0.331 e. The van der Waals surface area contributed by atoms with Gasteiger partial charge in [0.05, 0.1) is 23.1 Å². The number of amides is 2. The summed E-state index contributed by atoms with van der Waals surface area (Å²) in [6.45, 7) is 0.951. The van der Waals surface area contributed by atoms with E-state index in [1.807, 2.05) is 37.3 Å². The molecule has 0 fully saturated rings. The van der Waals surface area contributed by atoms with Gasteiger partial charge >= 0.3 is 12.6 Å². The highest BCUT2D eigenvalue weighted by molar-refractivity contribution is 5.77. The van der Waals surface area contributed by atoms with Crippen molar-refractivity contribution >= 4 is 17.1 Å². The Labute approximate surface area is 162 Å². The van der Waals surface area contributed by atoms with Gasteiger partial charge in [-0.05, 0) is 31.0 Å². The van der Waals surface area contributed by atoms with Crippen LogP contribution in [0.5, 0.6) is 0 Å². The molecule has 0 aliphatic rings. The van der Waals surface area contributed by atoms with Crippen LogP contribution in [0, 0.1) is 0 Å². The summed E-state index contributed by atoms with van der Waals surface area (Å²) < 4.78 is 28.1. The third-order valence-corrected chi connectivity index (χ3v) is 4.64. The van der Waals surface area contributed by atoms with Crippen LogP contribution < -0.4 is 10.6 Å². The van der Waals surface area contributed by atoms with Crippen LogP contribution in [-0.2, 0) is 0 Å². The van der Waals surface area contributed by atoms with Gasteiger partial charge in [0, 0.05) is 0 Å². The van der Waals surface area contributed by atoms with Crippen molar-refractivity contribution in [1.29, 1.82) is 0 Å². The molecule has 3 rings (SSSR count). The Hall–Kier alpha value is -2.96. The van der Waals surface area contributed by atoms with Gasteiger partial charge in [-0.25, -0.2) is 9.78 Å². The zero-order chi connectivity index (χ0) is 20.1. The van der Waals surface area contributed by atoms with Gasteiger partial charge in [-0.2, -0.15) is 8.78 Å². The van der Waals surface area contributed by atoms with Crippen LogP contribution in [0.1, 0.15) is 56.7 Å². The SMILES string of the molecule is CCC[C@@H](NC(=O)N[C@H](C)c1nc2ccccc2n1C(F)F)c1ccccc1. The first-order chi connectivity index (χ1) is 13.5. The number of aromatic nitrogens is 2. The Morgan fingerprint density at radius 3 is 2.43 bits per heavy atom. The fourth-order valence-corrected chi connectivity index (χ4v) is 3.33. The van der Waals surface area contributed by atoms with Gasteiger partial charge in [-0.3, -0.25) is 4.57 Å². The van der Waals surface area contributed by atoms with Crippen molar-refractivity contribution in [3.8, 4) is 0 Å². The molecule has 148 valence electrons. The summed E-state index contributed by atoms with van der Waals surface area (Å²) in [5.74, 6) is 0.123. The smallest absolute Gasteiger partial charge is 0.320 e. The van der Waals surface area contributed by atoms with Crippen LogP contribution in [0.2, 0.25) is 0 Å². The molecule has 7 heteroatoms. The maximum Gasteiger partial charge on any atom is 0.320 e. The number of urea groups is 1. The van der Waals surface area contributed by atoms with Crippen LogP contribution in [-0.4, -0.2) is 15.6 Å². The molecular formula is C21H24F2N4O. The van der Waals surface area contributed by atoms with E-state index in [9.17, 15) is 13.6 Å². The maximum absolute atomic E-state index is 13.6. The summed E-state index contributed by atoms with van der Waals surface area (Å²) in [5, 5.41) is 5.69. The number of halogens is 2. The molecule has 0 radical (unpaired) electrons. The molecular weight excluding hydrogens is 362 g/mol. The first kappa shape index (κ1) is 19.8. The number of imidazole rings is 1. The number of hydrogen-bond acceptors (Lipinski definition) is 2. The summed E-state index contributed by atoms with van der Waals surface area (Å²) in [7, 11) is 0. The van der Waals surface area contributed by atoms with Crippen molar-refractivity contribution in [2.24, 2.45) is 0 Å². The van der Waals surface area contributed by atoms with E-state index in [4.69, 9.17) is 0 Å². The number of fused-ring (bicyclic) bond motifs is 1. The minimum absolute atomic E-state index is 0.123. The lowest BCUT2D eigenvalue weighted by Crippen LogP contribution is -2.40. The number of para-hydroxylation sites is 2. The van der Waals surface area contributed by atoms with E-state index in [0.717, 1.165) is 23.0 Å². The molecule has 0 aliphatic carbocycles. The molecule has 0 unspecified atom stereocenters. The van der Waals surface area contributed by atoms with E-state index >= 15 is 0 Å². The van der Waals surface area contributed by atoms with Crippen LogP contribution in [0.3, 0.4) is 0 Å². The first-order valence-corrected chi connectivity index (χ1v) is 9.38. The number of carbonyl (C=O) groups is 1. The minimum atomic E-state index is -2.74. The Bertz CT molecular complexity index is 927. The third kappa shape index (κ3) is 4.30. The van der Waals surface area contributed by atoms with Crippen molar-refractivity contribution in [2.45, 2.75) is 45.3 Å². The number of carbonyl (C=O) groups excluding carboxylic acids is 1. The second-order valence-corrected chi connectivity index (χ2v) is 6.70. The third-order valence-electron chi connectivity index (χ3n) is 4.64. The van der Waals surface area contributed by atoms with Crippen LogP contribution in [0.25, 0.3) is 11.0 Å². The standard InChI is InChI=1S/C21H24F2N4O/c1-3-9-16(15-10-5-4-6-11-15)26-21(28)24-14(2)19-25-17-12-7-8-13-18(17)27(19)20(22)23/h4-8,10-14,16,20H,3,9H2,1-2H3,(H2,24,26,28)/t14-,16-/m1/s1. The quantitative estimate of drug-likeness (QED) is 0.576. The first-order valence-electron chi connectivity index (χ1n) is 9.38. The van der Waals surface area contributed by atoms with E-state index in [-0.39, 0.29) is 11.9 Å². The molecule has 1 aromatic heterocycles. The van der Waals surface area contributed by atoms with Gasteiger partial charge in [0.25, 0.3) is 0 Å². The molecule has 2 N–H and O–H groups in total. The van der Waals surface area contributed by atoms with Gasteiger partial charge in [-0.15, -0.1) is 0 Å². The summed E-state index contributed by atoms with van der Waals surface area (Å²) in [6, 6.07) is 15.1. The van der Waals surface area contributed by atoms with Gasteiger partial charge < -0.3 is 10.6 Å². The number of nitrogens with one attached hydrogen (secondary N) is 2. The van der Waals surface area contributed by atoms with Gasteiger partial charge in [-0.1, -0.05) is 55.8 Å². The predicted molar refractivity (Wildman–Crippen MR) is 105 cm³/mol. The van der Waals surface area contributed by atoms with Crippen molar-refractivity contribution in [2.75, 3.05) is 0 Å². The van der Waals surface area contributed by atoms with E-state index in [1.54, 1.807) is 31.2 Å². The van der Waals surface area contributed by atoms with Gasteiger partial charge in [0.1, 0.15) is 5.82 Å². The zero-order valence-corrected chi connectivity index (χ0v) is 15.9. The fraction of sp³-hybridized carbons (Fsp3) is 0.333. The van der Waals surface area contributed by atoms with Crippen molar-refractivity contribution < 1.29 is 13.6 Å². The van der Waals surface area contributed by atoms with Crippen LogP contribution >= 0.6 is 0 Å². The predicted octanol–water partition coefficient (Wildman–Crippen LogP) is 5.33. The molecule has 2 atom stereocenters. The van der Waals surface area contributed by atoms with Gasteiger partial charge in [0.2, 0.25) is 0 Å². The topological polar surface area (TPSA) is 59.0 Å². The maximum atomic E-state index is 13.6. The molecule has 0 spiro atoms. The van der Waals surface area contributed by atoms with Crippen molar-refractivity contribution in [1.82, 2.24) is 20.2 Å². The number of alkyl halides is 2. The molecule has 2 amide bonds. The second kappa shape index (κ2) is 8.82. The zero-order valence-electron chi connectivity index (χ0n) is 15.9. The van der Waals surface area contributed by atoms with E-state index < -0.39 is 18.6 Å². The summed E-state index contributed by atoms with van der Waals surface area (Å²) in [5.41, 5.74) is 1.82. The number of hydrogen-bond donors (Lipinski definition) is 2. The van der Waals surface area contributed by atoms with Crippen LogP contribution in [0.4, 0.5) is 13.6 Å². The van der Waals surface area contributed by atoms with Crippen molar-refractivity contribution in [3.63, 3.8) is 0 Å². The second-order valence-electron chi connectivity index (χ2n) is 6.70. The Morgan fingerprint density at radius 2 is 1.75 bits per heavy atom. The monoisotopic (exact) mass is 386 g/mol. The van der Waals surface area contributed by atoms with Crippen molar-refractivity contribution in [3.05, 3.63) is 66.0 Å². The average molecular weight is 386 g/mol. The van der Waals surface area contributed by atoms with Crippen LogP contribution in [0.15, 0.2) is 54.6 Å². The molecule has 28 heavy (non-hydrogen) atoms. The fourth-order valence-electron chi connectivity index (χ4n) is 3.33. The van der Waals surface area contributed by atoms with E-state index in [1.165, 1.54) is 0 Å². The lowest BCUT2D eigenvalue weighted by Gasteiger charge is -2.21. The number of rotatable bonds is 7.